The molecular formula is C12H16F2O5S. The zero-order valence-electron chi connectivity index (χ0n) is 10.7. The SMILES string of the molecule is O=C(OC1CCC2CC3CC1CC23)C(F)(F)S(=O)(=O)O. The highest BCUT2D eigenvalue weighted by Crippen LogP contribution is 2.58. The average Bonchev–Trinajstić information content (AvgIpc) is 2.55. The van der Waals surface area contributed by atoms with Crippen molar-refractivity contribution < 1.29 is 31.3 Å². The first-order valence-corrected chi connectivity index (χ1v) is 8.20. The van der Waals surface area contributed by atoms with Gasteiger partial charge < -0.3 is 4.74 Å². The Bertz CT molecular complexity index is 532. The number of rotatable bonds is 3. The molecule has 114 valence electrons. The molecule has 2 bridgehead atoms. The van der Waals surface area contributed by atoms with E-state index in [1.165, 1.54) is 6.42 Å². The quantitative estimate of drug-likeness (QED) is 0.635. The van der Waals surface area contributed by atoms with Gasteiger partial charge in [0.2, 0.25) is 0 Å². The van der Waals surface area contributed by atoms with Gasteiger partial charge in [-0.3, -0.25) is 4.55 Å². The summed E-state index contributed by atoms with van der Waals surface area (Å²) in [5.74, 6) is -0.308. The molecule has 5 unspecified atom stereocenters. The normalized spacial score (nSPS) is 39.9. The van der Waals surface area contributed by atoms with E-state index in [0.29, 0.717) is 24.2 Å². The van der Waals surface area contributed by atoms with Gasteiger partial charge in [-0.2, -0.15) is 17.2 Å². The Kier molecular flexibility index (Phi) is 3.10. The van der Waals surface area contributed by atoms with Gasteiger partial charge in [0.1, 0.15) is 6.10 Å². The molecule has 3 aliphatic rings. The predicted molar refractivity (Wildman–Crippen MR) is 63.4 cm³/mol. The molecule has 0 aromatic carbocycles. The van der Waals surface area contributed by atoms with Crippen molar-refractivity contribution in [1.29, 1.82) is 0 Å². The smallest absolute Gasteiger partial charge is 0.457 e. The van der Waals surface area contributed by atoms with Crippen molar-refractivity contribution in [3.8, 4) is 0 Å². The van der Waals surface area contributed by atoms with Gasteiger partial charge in [-0.1, -0.05) is 0 Å². The first kappa shape index (κ1) is 14.2. The molecule has 0 aromatic heterocycles. The third-order valence-electron chi connectivity index (χ3n) is 5.16. The van der Waals surface area contributed by atoms with E-state index in [-0.39, 0.29) is 5.92 Å². The van der Waals surface area contributed by atoms with Crippen LogP contribution in [0.25, 0.3) is 0 Å². The average molecular weight is 310 g/mol. The Morgan fingerprint density at radius 2 is 1.75 bits per heavy atom. The van der Waals surface area contributed by atoms with Crippen LogP contribution in [-0.4, -0.2) is 30.3 Å². The molecule has 3 rings (SSSR count). The molecule has 0 saturated heterocycles. The zero-order chi connectivity index (χ0) is 14.7. The third kappa shape index (κ3) is 2.04. The Morgan fingerprint density at radius 1 is 1.10 bits per heavy atom. The number of hydrogen-bond acceptors (Lipinski definition) is 4. The Balaban J connectivity index is 1.70. The van der Waals surface area contributed by atoms with Crippen LogP contribution >= 0.6 is 0 Å². The highest BCUT2D eigenvalue weighted by Gasteiger charge is 2.57. The number of esters is 1. The molecule has 0 amide bonds. The van der Waals surface area contributed by atoms with E-state index in [1.807, 2.05) is 0 Å². The Morgan fingerprint density at radius 3 is 2.40 bits per heavy atom. The van der Waals surface area contributed by atoms with E-state index >= 15 is 0 Å². The van der Waals surface area contributed by atoms with Gasteiger partial charge in [-0.25, -0.2) is 4.79 Å². The lowest BCUT2D eigenvalue weighted by Crippen LogP contribution is -2.42. The molecule has 0 aliphatic heterocycles. The van der Waals surface area contributed by atoms with Crippen molar-refractivity contribution in [2.24, 2.45) is 23.7 Å². The summed E-state index contributed by atoms with van der Waals surface area (Å²) in [5.41, 5.74) is 0. The minimum Gasteiger partial charge on any atom is -0.457 e. The molecule has 0 heterocycles. The van der Waals surface area contributed by atoms with E-state index < -0.39 is 27.4 Å². The number of fused-ring (bicyclic) bond motifs is 1. The zero-order valence-corrected chi connectivity index (χ0v) is 11.5. The second kappa shape index (κ2) is 4.37. The van der Waals surface area contributed by atoms with Crippen molar-refractivity contribution in [2.45, 2.75) is 43.5 Å². The topological polar surface area (TPSA) is 80.7 Å². The largest absolute Gasteiger partial charge is 0.465 e. The van der Waals surface area contributed by atoms with Crippen LogP contribution in [0.2, 0.25) is 0 Å². The van der Waals surface area contributed by atoms with Crippen molar-refractivity contribution in [3.63, 3.8) is 0 Å². The second-order valence-corrected chi connectivity index (χ2v) is 7.63. The van der Waals surface area contributed by atoms with Crippen LogP contribution in [0.4, 0.5) is 8.78 Å². The fourth-order valence-corrected chi connectivity index (χ4v) is 4.39. The maximum absolute atomic E-state index is 13.2. The Labute approximate surface area is 115 Å². The fraction of sp³-hybridized carbons (Fsp3) is 0.917. The maximum Gasteiger partial charge on any atom is 0.465 e. The van der Waals surface area contributed by atoms with E-state index in [0.717, 1.165) is 19.3 Å². The lowest BCUT2D eigenvalue weighted by molar-refractivity contribution is -0.170. The molecule has 8 heteroatoms. The molecule has 20 heavy (non-hydrogen) atoms. The first-order valence-electron chi connectivity index (χ1n) is 6.76. The molecule has 3 aliphatic carbocycles. The van der Waals surface area contributed by atoms with Crippen LogP contribution in [0.1, 0.15) is 32.1 Å². The van der Waals surface area contributed by atoms with Gasteiger partial charge in [0.15, 0.2) is 0 Å². The van der Waals surface area contributed by atoms with Crippen LogP contribution in [0.5, 0.6) is 0 Å². The number of carbonyl (C=O) groups is 1. The summed E-state index contributed by atoms with van der Waals surface area (Å²) in [6.45, 7) is 0. The first-order chi connectivity index (χ1) is 9.20. The van der Waals surface area contributed by atoms with Crippen LogP contribution in [-0.2, 0) is 19.6 Å². The van der Waals surface area contributed by atoms with Gasteiger partial charge in [0.25, 0.3) is 0 Å². The number of ether oxygens (including phenoxy) is 1. The molecule has 0 radical (unpaired) electrons. The number of halogens is 2. The lowest BCUT2D eigenvalue weighted by Gasteiger charge is -2.41. The fourth-order valence-electron chi connectivity index (χ4n) is 4.13. The molecule has 3 fully saturated rings. The van der Waals surface area contributed by atoms with E-state index in [4.69, 9.17) is 9.29 Å². The summed E-state index contributed by atoms with van der Waals surface area (Å²) in [5, 5.41) is -4.89. The molecule has 5 nitrogen and oxygen atoms in total. The van der Waals surface area contributed by atoms with Gasteiger partial charge in [0.05, 0.1) is 0 Å². The van der Waals surface area contributed by atoms with E-state index in [1.54, 1.807) is 0 Å². The van der Waals surface area contributed by atoms with Crippen LogP contribution in [0, 0.1) is 23.7 Å². The van der Waals surface area contributed by atoms with Crippen molar-refractivity contribution in [3.05, 3.63) is 0 Å². The summed E-state index contributed by atoms with van der Waals surface area (Å²) in [6.07, 6.45) is 3.55. The summed E-state index contributed by atoms with van der Waals surface area (Å²) < 4.78 is 60.6. The van der Waals surface area contributed by atoms with Crippen LogP contribution in [0.3, 0.4) is 0 Å². The Hall–Kier alpha value is -0.760. The van der Waals surface area contributed by atoms with Crippen molar-refractivity contribution >= 4 is 16.1 Å². The number of alkyl halides is 2. The molecule has 0 aromatic rings. The monoisotopic (exact) mass is 310 g/mol. The van der Waals surface area contributed by atoms with Crippen LogP contribution < -0.4 is 0 Å². The highest BCUT2D eigenvalue weighted by molar-refractivity contribution is 7.87. The summed E-state index contributed by atoms with van der Waals surface area (Å²) in [6, 6.07) is 0. The molecule has 5 atom stereocenters. The number of hydrogen-bond donors (Lipinski definition) is 1. The molecular weight excluding hydrogens is 294 g/mol. The van der Waals surface area contributed by atoms with Gasteiger partial charge in [0, 0.05) is 0 Å². The highest BCUT2D eigenvalue weighted by atomic mass is 32.2. The van der Waals surface area contributed by atoms with Crippen LogP contribution in [0.15, 0.2) is 0 Å². The molecule has 0 spiro atoms. The van der Waals surface area contributed by atoms with Gasteiger partial charge in [-0.05, 0) is 55.8 Å². The summed E-state index contributed by atoms with van der Waals surface area (Å²) in [4.78, 5) is 11.3. The minimum absolute atomic E-state index is 0.0404. The summed E-state index contributed by atoms with van der Waals surface area (Å²) >= 11 is 0. The van der Waals surface area contributed by atoms with E-state index in [9.17, 15) is 22.0 Å². The molecule has 1 N–H and O–H groups in total. The van der Waals surface area contributed by atoms with Gasteiger partial charge >= 0.3 is 21.3 Å². The minimum atomic E-state index is -5.79. The standard InChI is InChI=1S/C12H16F2O5S/c13-12(14,20(16,17)18)11(15)19-10-2-1-6-3-7-4-8(10)5-9(6)7/h6-10H,1-5H2,(H,16,17,18). The third-order valence-corrected chi connectivity index (χ3v) is 5.98. The summed E-state index contributed by atoms with van der Waals surface area (Å²) in [7, 11) is -5.79. The molecule has 3 saturated carbocycles. The lowest BCUT2D eigenvalue weighted by atomic mass is 9.65. The van der Waals surface area contributed by atoms with Gasteiger partial charge in [-0.15, -0.1) is 0 Å². The second-order valence-electron chi connectivity index (χ2n) is 6.16. The maximum atomic E-state index is 13.2. The van der Waals surface area contributed by atoms with Crippen molar-refractivity contribution in [2.75, 3.05) is 0 Å². The van der Waals surface area contributed by atoms with E-state index in [2.05, 4.69) is 0 Å². The number of carbonyl (C=O) groups excluding carboxylic acids is 1. The predicted octanol–water partition coefficient (Wildman–Crippen LogP) is 1.83. The van der Waals surface area contributed by atoms with Crippen molar-refractivity contribution in [1.82, 2.24) is 0 Å².